The van der Waals surface area contributed by atoms with Crippen molar-refractivity contribution in [2.75, 3.05) is 39.8 Å². The maximum atomic E-state index is 11.5. The summed E-state index contributed by atoms with van der Waals surface area (Å²) < 4.78 is 26.5. The Morgan fingerprint density at radius 3 is 2.36 bits per heavy atom. The monoisotopic (exact) mass is 221 g/mol. The first-order valence-corrected chi connectivity index (χ1v) is 5.87. The molecule has 0 unspecified atom stereocenters. The van der Waals surface area contributed by atoms with Gasteiger partial charge in [-0.05, 0) is 7.05 Å². The molecule has 6 nitrogen and oxygen atoms in total. The highest BCUT2D eigenvalue weighted by molar-refractivity contribution is 7.87. The van der Waals surface area contributed by atoms with Crippen LogP contribution in [0, 0.1) is 0 Å². The first kappa shape index (κ1) is 11.6. The smallest absolute Gasteiger partial charge is 0.279 e. The number of hydrogen-bond donors (Lipinski definition) is 1. The molecule has 0 amide bonds. The summed E-state index contributed by atoms with van der Waals surface area (Å²) in [6, 6.07) is 0. The van der Waals surface area contributed by atoms with Crippen molar-refractivity contribution in [2.45, 2.75) is 0 Å². The van der Waals surface area contributed by atoms with Gasteiger partial charge in [0.2, 0.25) is 0 Å². The Bertz CT molecular complexity index is 283. The van der Waals surface area contributed by atoms with Crippen LogP contribution in [0.25, 0.3) is 0 Å². The Labute approximate surface area is 84.1 Å². The van der Waals surface area contributed by atoms with E-state index < -0.39 is 10.2 Å². The van der Waals surface area contributed by atoms with E-state index in [1.807, 2.05) is 7.05 Å². The first-order chi connectivity index (χ1) is 6.56. The minimum atomic E-state index is -3.44. The van der Waals surface area contributed by atoms with Gasteiger partial charge in [-0.15, -0.1) is 0 Å². The third-order valence-electron chi connectivity index (χ3n) is 2.15. The molecule has 1 fully saturated rings. The van der Waals surface area contributed by atoms with E-state index in [2.05, 4.69) is 9.62 Å². The Hall–Kier alpha value is -0.500. The highest BCUT2D eigenvalue weighted by atomic mass is 32.2. The molecule has 7 heteroatoms. The average Bonchev–Trinajstić information content (AvgIpc) is 2.16. The summed E-state index contributed by atoms with van der Waals surface area (Å²) in [5, 5.41) is 0. The second-order valence-corrected chi connectivity index (χ2v) is 4.98. The molecule has 1 heterocycles. The lowest BCUT2D eigenvalue weighted by Crippen LogP contribution is -2.51. The summed E-state index contributed by atoms with van der Waals surface area (Å²) in [6.45, 7) is 2.24. The Balaban J connectivity index is 2.51. The minimum absolute atomic E-state index is 0.158. The number of carbonyl (C=O) groups is 1. The molecular weight excluding hydrogens is 206 g/mol. The quantitative estimate of drug-likeness (QED) is 0.573. The van der Waals surface area contributed by atoms with Gasteiger partial charge >= 0.3 is 0 Å². The zero-order chi connectivity index (χ0) is 10.6. The van der Waals surface area contributed by atoms with Crippen LogP contribution < -0.4 is 4.72 Å². The second-order valence-electron chi connectivity index (χ2n) is 3.22. The van der Waals surface area contributed by atoms with Crippen LogP contribution in [-0.2, 0) is 15.0 Å². The van der Waals surface area contributed by atoms with Crippen LogP contribution in [0.4, 0.5) is 0 Å². The summed E-state index contributed by atoms with van der Waals surface area (Å²) in [7, 11) is -1.50. The molecule has 0 saturated carbocycles. The highest BCUT2D eigenvalue weighted by Crippen LogP contribution is 2.03. The predicted molar refractivity (Wildman–Crippen MR) is 52.1 cm³/mol. The van der Waals surface area contributed by atoms with E-state index in [-0.39, 0.29) is 6.54 Å². The standard InChI is InChI=1S/C7H15N3O3S/c1-9-3-5-10(6-4-9)14(12,13)8-2-7-11/h7-8H,2-6H2,1H3. The van der Waals surface area contributed by atoms with Crippen LogP contribution in [0.15, 0.2) is 0 Å². The maximum absolute atomic E-state index is 11.5. The molecule has 0 aromatic rings. The maximum Gasteiger partial charge on any atom is 0.279 e. The van der Waals surface area contributed by atoms with Gasteiger partial charge in [0.15, 0.2) is 0 Å². The van der Waals surface area contributed by atoms with E-state index in [1.54, 1.807) is 0 Å². The molecule has 1 rings (SSSR count). The molecule has 0 bridgehead atoms. The summed E-state index contributed by atoms with van der Waals surface area (Å²) in [5.41, 5.74) is 0. The van der Waals surface area contributed by atoms with Gasteiger partial charge in [-0.3, -0.25) is 0 Å². The van der Waals surface area contributed by atoms with Crippen LogP contribution >= 0.6 is 0 Å². The molecule has 1 N–H and O–H groups in total. The number of nitrogens with one attached hydrogen (secondary N) is 1. The van der Waals surface area contributed by atoms with Crippen molar-refractivity contribution >= 4 is 16.5 Å². The zero-order valence-corrected chi connectivity index (χ0v) is 8.96. The van der Waals surface area contributed by atoms with Crippen molar-refractivity contribution in [1.82, 2.24) is 13.9 Å². The molecular formula is C7H15N3O3S. The molecule has 0 spiro atoms. The van der Waals surface area contributed by atoms with Gasteiger partial charge in [0.1, 0.15) is 6.29 Å². The minimum Gasteiger partial charge on any atom is -0.304 e. The lowest BCUT2D eigenvalue weighted by molar-refractivity contribution is -0.106. The van der Waals surface area contributed by atoms with Crippen LogP contribution in [0.5, 0.6) is 0 Å². The lowest BCUT2D eigenvalue weighted by Gasteiger charge is -2.31. The van der Waals surface area contributed by atoms with Crippen molar-refractivity contribution in [3.63, 3.8) is 0 Å². The van der Waals surface area contributed by atoms with Crippen molar-refractivity contribution in [1.29, 1.82) is 0 Å². The number of aldehydes is 1. The van der Waals surface area contributed by atoms with E-state index in [1.165, 1.54) is 4.31 Å². The molecule has 1 aliphatic rings. The molecule has 0 aromatic heterocycles. The number of hydrogen-bond acceptors (Lipinski definition) is 4. The third-order valence-corrected chi connectivity index (χ3v) is 3.73. The average molecular weight is 221 g/mol. The fourth-order valence-electron chi connectivity index (χ4n) is 1.26. The van der Waals surface area contributed by atoms with Gasteiger partial charge in [-0.2, -0.15) is 17.4 Å². The molecule has 82 valence electrons. The zero-order valence-electron chi connectivity index (χ0n) is 8.14. The van der Waals surface area contributed by atoms with Gasteiger partial charge in [0.25, 0.3) is 10.2 Å². The summed E-state index contributed by atoms with van der Waals surface area (Å²) >= 11 is 0. The van der Waals surface area contributed by atoms with Crippen LogP contribution in [-0.4, -0.2) is 63.7 Å². The van der Waals surface area contributed by atoms with E-state index in [0.717, 1.165) is 13.1 Å². The van der Waals surface area contributed by atoms with Gasteiger partial charge in [0.05, 0.1) is 6.54 Å². The van der Waals surface area contributed by atoms with E-state index >= 15 is 0 Å². The topological polar surface area (TPSA) is 69.7 Å². The molecule has 0 atom stereocenters. The number of carbonyl (C=O) groups excluding carboxylic acids is 1. The van der Waals surface area contributed by atoms with Gasteiger partial charge < -0.3 is 9.69 Å². The normalized spacial score (nSPS) is 20.9. The van der Waals surface area contributed by atoms with Crippen molar-refractivity contribution in [3.05, 3.63) is 0 Å². The summed E-state index contributed by atoms with van der Waals surface area (Å²) in [6.07, 6.45) is 0.535. The van der Waals surface area contributed by atoms with Crippen molar-refractivity contribution in [2.24, 2.45) is 0 Å². The number of piperazine rings is 1. The number of nitrogens with zero attached hydrogens (tertiary/aromatic N) is 2. The summed E-state index contributed by atoms with van der Waals surface area (Å²) in [5.74, 6) is 0. The third kappa shape index (κ3) is 3.02. The molecule has 0 aromatic carbocycles. The molecule has 14 heavy (non-hydrogen) atoms. The van der Waals surface area contributed by atoms with Crippen molar-refractivity contribution < 1.29 is 13.2 Å². The van der Waals surface area contributed by atoms with Crippen molar-refractivity contribution in [3.8, 4) is 0 Å². The van der Waals surface area contributed by atoms with Gasteiger partial charge in [0, 0.05) is 26.2 Å². The first-order valence-electron chi connectivity index (χ1n) is 4.43. The SMILES string of the molecule is CN1CCN(S(=O)(=O)NCC=O)CC1. The van der Waals surface area contributed by atoms with Crippen LogP contribution in [0.2, 0.25) is 0 Å². The van der Waals surface area contributed by atoms with E-state index in [4.69, 9.17) is 0 Å². The van der Waals surface area contributed by atoms with Crippen LogP contribution in [0.3, 0.4) is 0 Å². The van der Waals surface area contributed by atoms with Crippen LogP contribution in [0.1, 0.15) is 0 Å². The fourth-order valence-corrected chi connectivity index (χ4v) is 2.36. The number of likely N-dealkylation sites (N-methyl/N-ethyl adjacent to an activating group) is 1. The van der Waals surface area contributed by atoms with E-state index in [0.29, 0.717) is 19.4 Å². The molecule has 1 saturated heterocycles. The van der Waals surface area contributed by atoms with Gasteiger partial charge in [-0.25, -0.2) is 0 Å². The Kier molecular flexibility index (Phi) is 3.99. The summed E-state index contributed by atoms with van der Waals surface area (Å²) in [4.78, 5) is 12.1. The largest absolute Gasteiger partial charge is 0.304 e. The number of rotatable bonds is 4. The second kappa shape index (κ2) is 4.83. The molecule has 0 radical (unpaired) electrons. The van der Waals surface area contributed by atoms with E-state index in [9.17, 15) is 13.2 Å². The fraction of sp³-hybridized carbons (Fsp3) is 0.857. The molecule has 1 aliphatic heterocycles. The Morgan fingerprint density at radius 2 is 1.86 bits per heavy atom. The molecule has 0 aliphatic carbocycles. The highest BCUT2D eigenvalue weighted by Gasteiger charge is 2.24. The lowest BCUT2D eigenvalue weighted by atomic mass is 10.4. The predicted octanol–water partition coefficient (Wildman–Crippen LogP) is -1.73. The van der Waals surface area contributed by atoms with Gasteiger partial charge in [-0.1, -0.05) is 0 Å². The Morgan fingerprint density at radius 1 is 1.29 bits per heavy atom.